The van der Waals surface area contributed by atoms with E-state index in [1.165, 1.54) is 0 Å². The van der Waals surface area contributed by atoms with Gasteiger partial charge in [0.05, 0.1) is 5.54 Å². The van der Waals surface area contributed by atoms with Gasteiger partial charge in [-0.25, -0.2) is 9.78 Å². The molecular formula is C26H34N6O3. The molecule has 3 aromatic rings. The number of ether oxygens (including phenoxy) is 1. The molecule has 2 aromatic heterocycles. The normalized spacial score (nSPS) is 11.6. The van der Waals surface area contributed by atoms with Crippen LogP contribution in [-0.2, 0) is 11.8 Å². The van der Waals surface area contributed by atoms with Gasteiger partial charge in [0, 0.05) is 32.9 Å². The zero-order chi connectivity index (χ0) is 25.8. The Balaban J connectivity index is 1.79. The summed E-state index contributed by atoms with van der Waals surface area (Å²) >= 11 is 0. The number of carbonyl (C=O) groups is 1. The standard InChI is InChI=1S/C26H34N6O3/c1-25(2,3)35-24(34)28-17-26(4,5)30-23-27-14-13-20(29-23)31(6)21-15-19(16-22(33)32(21)7)18-11-9-8-10-12-18/h8-16H,17H2,1-7H3,(H,28,34)(H,27,29,30). The first-order chi connectivity index (χ1) is 16.3. The number of hydrogen-bond acceptors (Lipinski definition) is 7. The molecule has 2 N–H and O–H groups in total. The van der Waals surface area contributed by atoms with Crippen molar-refractivity contribution in [1.82, 2.24) is 19.9 Å². The lowest BCUT2D eigenvalue weighted by Crippen LogP contribution is -2.45. The van der Waals surface area contributed by atoms with Crippen LogP contribution in [0.4, 0.5) is 22.4 Å². The molecule has 0 saturated heterocycles. The summed E-state index contributed by atoms with van der Waals surface area (Å²) < 4.78 is 6.88. The van der Waals surface area contributed by atoms with Gasteiger partial charge >= 0.3 is 6.09 Å². The predicted molar refractivity (Wildman–Crippen MR) is 139 cm³/mol. The fourth-order valence-corrected chi connectivity index (χ4v) is 3.41. The second kappa shape index (κ2) is 10.2. The van der Waals surface area contributed by atoms with Crippen molar-refractivity contribution in [3.8, 4) is 11.1 Å². The number of aromatic nitrogens is 3. The maximum absolute atomic E-state index is 12.7. The van der Waals surface area contributed by atoms with Crippen LogP contribution in [0.5, 0.6) is 0 Å². The van der Waals surface area contributed by atoms with Gasteiger partial charge in [-0.2, -0.15) is 4.98 Å². The molecule has 9 nitrogen and oxygen atoms in total. The Morgan fingerprint density at radius 3 is 2.40 bits per heavy atom. The van der Waals surface area contributed by atoms with Crippen molar-refractivity contribution in [2.75, 3.05) is 23.8 Å². The highest BCUT2D eigenvalue weighted by atomic mass is 16.6. The molecule has 1 amide bonds. The average Bonchev–Trinajstić information content (AvgIpc) is 2.78. The van der Waals surface area contributed by atoms with Gasteiger partial charge in [0.2, 0.25) is 5.95 Å². The summed E-state index contributed by atoms with van der Waals surface area (Å²) in [6.45, 7) is 9.61. The van der Waals surface area contributed by atoms with Crippen LogP contribution in [-0.4, -0.2) is 45.4 Å². The Bertz CT molecular complexity index is 1230. The highest BCUT2D eigenvalue weighted by Gasteiger charge is 2.23. The van der Waals surface area contributed by atoms with Crippen LogP contribution >= 0.6 is 0 Å². The minimum Gasteiger partial charge on any atom is -0.444 e. The summed E-state index contributed by atoms with van der Waals surface area (Å²) in [4.78, 5) is 35.5. The second-order valence-electron chi connectivity index (χ2n) is 10.0. The molecule has 1 aromatic carbocycles. The van der Waals surface area contributed by atoms with E-state index in [0.29, 0.717) is 24.1 Å². The molecule has 0 saturated carbocycles. The topological polar surface area (TPSA) is 101 Å². The highest BCUT2D eigenvalue weighted by Crippen LogP contribution is 2.26. The summed E-state index contributed by atoms with van der Waals surface area (Å²) in [7, 11) is 3.58. The summed E-state index contributed by atoms with van der Waals surface area (Å²) in [5, 5.41) is 6.03. The van der Waals surface area contributed by atoms with Gasteiger partial charge in [-0.15, -0.1) is 0 Å². The smallest absolute Gasteiger partial charge is 0.407 e. The number of hydrogen-bond donors (Lipinski definition) is 2. The largest absolute Gasteiger partial charge is 0.444 e. The maximum atomic E-state index is 12.7. The fraction of sp³-hybridized carbons (Fsp3) is 0.385. The van der Waals surface area contributed by atoms with Gasteiger partial charge in [-0.3, -0.25) is 9.36 Å². The molecule has 0 radical (unpaired) electrons. The number of carbonyl (C=O) groups excluding carboxylic acids is 1. The van der Waals surface area contributed by atoms with E-state index >= 15 is 0 Å². The van der Waals surface area contributed by atoms with E-state index in [2.05, 4.69) is 20.6 Å². The molecule has 9 heteroatoms. The van der Waals surface area contributed by atoms with Crippen molar-refractivity contribution in [1.29, 1.82) is 0 Å². The fourth-order valence-electron chi connectivity index (χ4n) is 3.41. The first-order valence-corrected chi connectivity index (χ1v) is 11.4. The number of nitrogens with zero attached hydrogens (tertiary/aromatic N) is 4. The van der Waals surface area contributed by atoms with Crippen LogP contribution < -0.4 is 21.1 Å². The van der Waals surface area contributed by atoms with E-state index in [1.807, 2.05) is 83.0 Å². The molecule has 0 aliphatic heterocycles. The third-order valence-electron chi connectivity index (χ3n) is 5.20. The van der Waals surface area contributed by atoms with E-state index in [1.54, 1.807) is 29.9 Å². The highest BCUT2D eigenvalue weighted by molar-refractivity contribution is 5.69. The number of alkyl carbamates (subject to hydrolysis) is 1. The zero-order valence-corrected chi connectivity index (χ0v) is 21.4. The number of amides is 1. The molecule has 0 unspecified atom stereocenters. The molecule has 0 bridgehead atoms. The molecular weight excluding hydrogens is 444 g/mol. The van der Waals surface area contributed by atoms with Gasteiger partial charge in [0.1, 0.15) is 17.2 Å². The first kappa shape index (κ1) is 25.7. The molecule has 0 aliphatic carbocycles. The lowest BCUT2D eigenvalue weighted by molar-refractivity contribution is 0.0520. The third kappa shape index (κ3) is 7.05. The average molecular weight is 479 g/mol. The summed E-state index contributed by atoms with van der Waals surface area (Å²) in [5.41, 5.74) is 0.562. The van der Waals surface area contributed by atoms with Crippen molar-refractivity contribution in [2.45, 2.75) is 45.8 Å². The van der Waals surface area contributed by atoms with Gasteiger partial charge < -0.3 is 20.3 Å². The summed E-state index contributed by atoms with van der Waals surface area (Å²) in [6, 6.07) is 15.1. The van der Waals surface area contributed by atoms with Crippen LogP contribution in [0.25, 0.3) is 11.1 Å². The molecule has 2 heterocycles. The third-order valence-corrected chi connectivity index (χ3v) is 5.20. The van der Waals surface area contributed by atoms with Crippen molar-refractivity contribution in [3.63, 3.8) is 0 Å². The molecule has 0 atom stereocenters. The van der Waals surface area contributed by atoms with Crippen molar-refractivity contribution in [2.24, 2.45) is 7.05 Å². The van der Waals surface area contributed by atoms with Crippen LogP contribution in [0.2, 0.25) is 0 Å². The van der Waals surface area contributed by atoms with Crippen LogP contribution in [0.15, 0.2) is 59.5 Å². The number of anilines is 3. The Hall–Kier alpha value is -3.88. The molecule has 0 spiro atoms. The molecule has 0 fully saturated rings. The lowest BCUT2D eigenvalue weighted by atomic mass is 10.1. The van der Waals surface area contributed by atoms with E-state index in [4.69, 9.17) is 4.74 Å². The summed E-state index contributed by atoms with van der Waals surface area (Å²) in [5.74, 6) is 1.69. The quantitative estimate of drug-likeness (QED) is 0.521. The molecule has 186 valence electrons. The van der Waals surface area contributed by atoms with E-state index in [-0.39, 0.29) is 5.56 Å². The Morgan fingerprint density at radius 2 is 1.74 bits per heavy atom. The van der Waals surface area contributed by atoms with Gasteiger partial charge in [-0.05, 0) is 57.9 Å². The SMILES string of the molecule is CN(c1ccnc(NC(C)(C)CNC(=O)OC(C)(C)C)n1)c1cc(-c2ccccc2)cc(=O)n1C. The van der Waals surface area contributed by atoms with Gasteiger partial charge in [-0.1, -0.05) is 30.3 Å². The Labute approximate surface area is 206 Å². The van der Waals surface area contributed by atoms with Gasteiger partial charge in [0.25, 0.3) is 5.56 Å². The molecule has 0 aliphatic rings. The molecule has 35 heavy (non-hydrogen) atoms. The van der Waals surface area contributed by atoms with Crippen LogP contribution in [0, 0.1) is 0 Å². The van der Waals surface area contributed by atoms with Gasteiger partial charge in [0.15, 0.2) is 0 Å². The number of benzene rings is 1. The lowest BCUT2D eigenvalue weighted by Gasteiger charge is -2.28. The van der Waals surface area contributed by atoms with Crippen LogP contribution in [0.3, 0.4) is 0 Å². The maximum Gasteiger partial charge on any atom is 0.407 e. The monoisotopic (exact) mass is 478 g/mol. The minimum absolute atomic E-state index is 0.116. The van der Waals surface area contributed by atoms with E-state index < -0.39 is 17.2 Å². The predicted octanol–water partition coefficient (Wildman–Crippen LogP) is 4.33. The zero-order valence-electron chi connectivity index (χ0n) is 21.4. The van der Waals surface area contributed by atoms with E-state index in [9.17, 15) is 9.59 Å². The van der Waals surface area contributed by atoms with E-state index in [0.717, 1.165) is 11.1 Å². The van der Waals surface area contributed by atoms with Crippen molar-refractivity contribution < 1.29 is 9.53 Å². The Kier molecular flexibility index (Phi) is 7.48. The van der Waals surface area contributed by atoms with Crippen molar-refractivity contribution in [3.05, 3.63) is 65.1 Å². The summed E-state index contributed by atoms with van der Waals surface area (Å²) in [6.07, 6.45) is 1.17. The van der Waals surface area contributed by atoms with Crippen molar-refractivity contribution >= 4 is 23.7 Å². The Morgan fingerprint density at radius 1 is 1.06 bits per heavy atom. The first-order valence-electron chi connectivity index (χ1n) is 11.4. The molecule has 3 rings (SSSR count). The van der Waals surface area contributed by atoms with Crippen LogP contribution in [0.1, 0.15) is 34.6 Å². The number of pyridine rings is 1. The minimum atomic E-state index is -0.568. The number of rotatable bonds is 7. The number of nitrogens with one attached hydrogen (secondary N) is 2. The second-order valence-corrected chi connectivity index (χ2v) is 10.0.